The summed E-state index contributed by atoms with van der Waals surface area (Å²) in [5.74, 6) is -2.91. The Morgan fingerprint density at radius 1 is 1.03 bits per heavy atom. The van der Waals surface area contributed by atoms with Gasteiger partial charge in [0.1, 0.15) is 0 Å². The first-order chi connectivity index (χ1) is 18.3. The Kier molecular flexibility index (Phi) is 9.83. The predicted octanol–water partition coefficient (Wildman–Crippen LogP) is 3.82. The zero-order valence-corrected chi connectivity index (χ0v) is 22.6. The number of amides is 1. The molecule has 13 heteroatoms. The number of nitrogens with one attached hydrogen (secondary N) is 3. The first kappa shape index (κ1) is 30.2. The van der Waals surface area contributed by atoms with Crippen LogP contribution in [0.1, 0.15) is 47.2 Å². The summed E-state index contributed by atoms with van der Waals surface area (Å²) in [6.45, 7) is 6.85. The number of aliphatic carboxylic acids is 1. The Balaban J connectivity index is 0.000000532. The third-order valence-corrected chi connectivity index (χ3v) is 8.03. The lowest BCUT2D eigenvalue weighted by atomic mass is 10.1. The zero-order valence-electron chi connectivity index (χ0n) is 21.8. The summed E-state index contributed by atoms with van der Waals surface area (Å²) in [6.07, 6.45) is -0.824. The Labute approximate surface area is 225 Å². The molecular formula is C26H33F3N4O5S. The number of carboxylic acids is 1. The van der Waals surface area contributed by atoms with E-state index in [0.717, 1.165) is 63.1 Å². The second kappa shape index (κ2) is 12.7. The monoisotopic (exact) mass is 570 g/mol. The molecular weight excluding hydrogens is 537 g/mol. The molecule has 4 rings (SSSR count). The van der Waals surface area contributed by atoms with Crippen molar-refractivity contribution in [3.63, 3.8) is 0 Å². The standard InChI is InChI=1S/C24H32N4O3S.C2HF3O2/c1-17-7-8-18(2)23(15-17)32(30,31)27-21-16-19(24(29)26-20-5-3-4-6-20)9-10-22(21)28-13-11-25-12-14-28;3-2(4,5)1(6)7/h7-10,15-16,20,25,27H,3-6,11-14H2,1-2H3,(H,26,29);(H,6,7). The van der Waals surface area contributed by atoms with Crippen molar-refractivity contribution < 1.29 is 36.3 Å². The van der Waals surface area contributed by atoms with Crippen LogP contribution in [-0.2, 0) is 14.8 Å². The topological polar surface area (TPSA) is 128 Å². The lowest BCUT2D eigenvalue weighted by Crippen LogP contribution is -2.43. The summed E-state index contributed by atoms with van der Waals surface area (Å²) in [5.41, 5.74) is 3.25. The normalized spacial score (nSPS) is 16.3. The molecule has 2 aromatic carbocycles. The van der Waals surface area contributed by atoms with Gasteiger partial charge in [-0.1, -0.05) is 25.0 Å². The van der Waals surface area contributed by atoms with Crippen molar-refractivity contribution in [2.24, 2.45) is 0 Å². The summed E-state index contributed by atoms with van der Waals surface area (Å²) < 4.78 is 61.2. The Morgan fingerprint density at radius 2 is 1.64 bits per heavy atom. The van der Waals surface area contributed by atoms with Gasteiger partial charge in [-0.2, -0.15) is 13.2 Å². The molecule has 214 valence electrons. The number of carboxylic acid groups (broad SMARTS) is 1. The highest BCUT2D eigenvalue weighted by Crippen LogP contribution is 2.31. The molecule has 2 aliphatic rings. The van der Waals surface area contributed by atoms with Crippen LogP contribution in [0.5, 0.6) is 0 Å². The number of carbonyl (C=O) groups is 2. The molecule has 1 saturated heterocycles. The minimum atomic E-state index is -5.08. The molecule has 1 heterocycles. The van der Waals surface area contributed by atoms with Crippen LogP contribution in [-0.4, -0.2) is 63.8 Å². The van der Waals surface area contributed by atoms with Crippen LogP contribution in [0.15, 0.2) is 41.3 Å². The van der Waals surface area contributed by atoms with Gasteiger partial charge in [-0.3, -0.25) is 9.52 Å². The van der Waals surface area contributed by atoms with E-state index in [1.54, 1.807) is 25.1 Å². The first-order valence-corrected chi connectivity index (χ1v) is 14.1. The number of alkyl halides is 3. The van der Waals surface area contributed by atoms with Gasteiger partial charge < -0.3 is 20.6 Å². The maximum atomic E-state index is 13.3. The van der Waals surface area contributed by atoms with Gasteiger partial charge in [-0.05, 0) is 62.1 Å². The van der Waals surface area contributed by atoms with Crippen LogP contribution in [0.25, 0.3) is 0 Å². The summed E-state index contributed by atoms with van der Waals surface area (Å²) in [6, 6.07) is 10.9. The van der Waals surface area contributed by atoms with Gasteiger partial charge in [0.2, 0.25) is 0 Å². The molecule has 1 aliphatic carbocycles. The van der Waals surface area contributed by atoms with Gasteiger partial charge in [-0.15, -0.1) is 0 Å². The molecule has 0 unspecified atom stereocenters. The number of halogens is 3. The average molecular weight is 571 g/mol. The van der Waals surface area contributed by atoms with E-state index in [2.05, 4.69) is 20.3 Å². The van der Waals surface area contributed by atoms with Gasteiger partial charge in [0.25, 0.3) is 15.9 Å². The number of anilines is 2. The van der Waals surface area contributed by atoms with E-state index < -0.39 is 22.2 Å². The molecule has 2 fully saturated rings. The maximum absolute atomic E-state index is 13.3. The second-order valence-corrected chi connectivity index (χ2v) is 11.3. The van der Waals surface area contributed by atoms with Crippen molar-refractivity contribution in [1.29, 1.82) is 0 Å². The fourth-order valence-electron chi connectivity index (χ4n) is 4.48. The fourth-order valence-corrected chi connectivity index (χ4v) is 5.87. The average Bonchev–Trinajstić information content (AvgIpc) is 3.38. The number of rotatable bonds is 6. The van der Waals surface area contributed by atoms with Crippen molar-refractivity contribution >= 4 is 33.3 Å². The van der Waals surface area contributed by atoms with Crippen LogP contribution in [0, 0.1) is 13.8 Å². The third-order valence-electron chi connectivity index (χ3n) is 6.53. The molecule has 0 aromatic heterocycles. The van der Waals surface area contributed by atoms with E-state index in [0.29, 0.717) is 16.8 Å². The minimum Gasteiger partial charge on any atom is -0.475 e. The number of piperazine rings is 1. The molecule has 2 aromatic rings. The molecule has 1 amide bonds. The van der Waals surface area contributed by atoms with Crippen molar-refractivity contribution in [2.45, 2.75) is 56.6 Å². The quantitative estimate of drug-likeness (QED) is 0.416. The third kappa shape index (κ3) is 8.33. The molecule has 0 atom stereocenters. The van der Waals surface area contributed by atoms with Crippen LogP contribution < -0.4 is 20.3 Å². The van der Waals surface area contributed by atoms with Gasteiger partial charge in [0, 0.05) is 37.8 Å². The SMILES string of the molecule is Cc1ccc(C)c(S(=O)(=O)Nc2cc(C(=O)NC3CCCC3)ccc2N2CCNCC2)c1.O=C(O)C(F)(F)F. The molecule has 1 saturated carbocycles. The summed E-state index contributed by atoms with van der Waals surface area (Å²) in [5, 5.41) is 13.5. The summed E-state index contributed by atoms with van der Waals surface area (Å²) in [7, 11) is -3.82. The number of carbonyl (C=O) groups excluding carboxylic acids is 1. The highest BCUT2D eigenvalue weighted by molar-refractivity contribution is 7.92. The highest BCUT2D eigenvalue weighted by atomic mass is 32.2. The minimum absolute atomic E-state index is 0.157. The number of nitrogens with zero attached hydrogens (tertiary/aromatic N) is 1. The maximum Gasteiger partial charge on any atom is 0.490 e. The van der Waals surface area contributed by atoms with Gasteiger partial charge in [0.05, 0.1) is 16.3 Å². The van der Waals surface area contributed by atoms with Crippen LogP contribution in [0.4, 0.5) is 24.5 Å². The van der Waals surface area contributed by atoms with Crippen LogP contribution in [0.2, 0.25) is 0 Å². The highest BCUT2D eigenvalue weighted by Gasteiger charge is 2.38. The van der Waals surface area contributed by atoms with Crippen molar-refractivity contribution in [3.8, 4) is 0 Å². The van der Waals surface area contributed by atoms with Crippen LogP contribution in [0.3, 0.4) is 0 Å². The van der Waals surface area contributed by atoms with Crippen LogP contribution >= 0.6 is 0 Å². The molecule has 4 N–H and O–H groups in total. The molecule has 0 bridgehead atoms. The number of aryl methyl sites for hydroxylation is 2. The Bertz CT molecular complexity index is 1290. The predicted molar refractivity (Wildman–Crippen MR) is 142 cm³/mol. The second-order valence-electron chi connectivity index (χ2n) is 9.60. The smallest absolute Gasteiger partial charge is 0.475 e. The van der Waals surface area contributed by atoms with E-state index in [9.17, 15) is 26.4 Å². The molecule has 39 heavy (non-hydrogen) atoms. The van der Waals surface area contributed by atoms with Crippen molar-refractivity contribution in [3.05, 3.63) is 53.1 Å². The van der Waals surface area contributed by atoms with E-state index in [4.69, 9.17) is 9.90 Å². The van der Waals surface area contributed by atoms with Gasteiger partial charge >= 0.3 is 12.1 Å². The largest absolute Gasteiger partial charge is 0.490 e. The van der Waals surface area contributed by atoms with Crippen molar-refractivity contribution in [1.82, 2.24) is 10.6 Å². The summed E-state index contributed by atoms with van der Waals surface area (Å²) in [4.78, 5) is 24.2. The zero-order chi connectivity index (χ0) is 28.8. The van der Waals surface area contributed by atoms with E-state index in [1.165, 1.54) is 0 Å². The number of hydrogen-bond donors (Lipinski definition) is 4. The lowest BCUT2D eigenvalue weighted by molar-refractivity contribution is -0.192. The van der Waals surface area contributed by atoms with Gasteiger partial charge in [-0.25, -0.2) is 13.2 Å². The van der Waals surface area contributed by atoms with E-state index in [-0.39, 0.29) is 16.8 Å². The fraction of sp³-hybridized carbons (Fsp3) is 0.462. The lowest BCUT2D eigenvalue weighted by Gasteiger charge is -2.31. The molecule has 1 aliphatic heterocycles. The van der Waals surface area contributed by atoms with E-state index >= 15 is 0 Å². The summed E-state index contributed by atoms with van der Waals surface area (Å²) >= 11 is 0. The Morgan fingerprint density at radius 3 is 2.23 bits per heavy atom. The molecule has 0 spiro atoms. The number of sulfonamides is 1. The van der Waals surface area contributed by atoms with Gasteiger partial charge in [0.15, 0.2) is 0 Å². The van der Waals surface area contributed by atoms with Crippen molar-refractivity contribution in [2.75, 3.05) is 35.8 Å². The molecule has 0 radical (unpaired) electrons. The number of hydrogen-bond acceptors (Lipinski definition) is 6. The van der Waals surface area contributed by atoms with E-state index in [1.807, 2.05) is 25.1 Å². The first-order valence-electron chi connectivity index (χ1n) is 12.6. The Hall–Kier alpha value is -3.32. The molecule has 9 nitrogen and oxygen atoms in total. The number of benzene rings is 2.